The summed E-state index contributed by atoms with van der Waals surface area (Å²) in [5.74, 6) is -0.704. The summed E-state index contributed by atoms with van der Waals surface area (Å²) in [6.07, 6.45) is 3.02. The van der Waals surface area contributed by atoms with Crippen LogP contribution in [0.4, 0.5) is 5.95 Å². The van der Waals surface area contributed by atoms with Crippen molar-refractivity contribution in [2.45, 2.75) is 0 Å². The fraction of sp³-hybridized carbons (Fsp3) is 0.200. The molecule has 0 aliphatic rings. The largest absolute Gasteiger partial charge is 0.480 e. The van der Waals surface area contributed by atoms with Crippen LogP contribution in [0.25, 0.3) is 0 Å². The molecule has 11 heavy (non-hydrogen) atoms. The van der Waals surface area contributed by atoms with Crippen molar-refractivity contribution in [1.82, 2.24) is 9.66 Å². The maximum atomic E-state index is 10.1. The summed E-state index contributed by atoms with van der Waals surface area (Å²) in [5.41, 5.74) is 7.85. The molecule has 1 heterocycles. The fourth-order valence-electron chi connectivity index (χ4n) is 0.601. The first-order valence-corrected chi connectivity index (χ1v) is 2.94. The lowest BCUT2D eigenvalue weighted by molar-refractivity contribution is -0.135. The van der Waals surface area contributed by atoms with Gasteiger partial charge in [-0.2, -0.15) is 0 Å². The Hall–Kier alpha value is -1.72. The molecule has 0 amide bonds. The quantitative estimate of drug-likeness (QED) is 0.527. The lowest BCUT2D eigenvalue weighted by atomic mass is 10.7. The van der Waals surface area contributed by atoms with Gasteiger partial charge in [0, 0.05) is 12.4 Å². The lowest BCUT2D eigenvalue weighted by Gasteiger charge is -2.03. The van der Waals surface area contributed by atoms with Gasteiger partial charge >= 0.3 is 5.97 Å². The topological polar surface area (TPSA) is 93.2 Å². The molecule has 4 N–H and O–H groups in total. The number of carboxylic acid groups (broad SMARTS) is 1. The minimum absolute atomic E-state index is 0.180. The summed E-state index contributed by atoms with van der Waals surface area (Å²) in [4.78, 5) is 13.7. The molecular weight excluding hydrogens is 148 g/mol. The Labute approximate surface area is 62.6 Å². The molecule has 6 heteroatoms. The summed E-state index contributed by atoms with van der Waals surface area (Å²) in [5, 5.41) is 8.27. The number of hydrogen-bond donors (Lipinski definition) is 3. The highest BCUT2D eigenvalue weighted by atomic mass is 16.4. The van der Waals surface area contributed by atoms with Crippen LogP contribution in [0.15, 0.2) is 12.4 Å². The second kappa shape index (κ2) is 2.91. The minimum atomic E-state index is -0.946. The average Bonchev–Trinajstić information content (AvgIpc) is 2.31. The zero-order valence-electron chi connectivity index (χ0n) is 5.69. The van der Waals surface area contributed by atoms with Crippen LogP contribution in [0.3, 0.4) is 0 Å². The Morgan fingerprint density at radius 1 is 1.91 bits per heavy atom. The summed E-state index contributed by atoms with van der Waals surface area (Å²) in [6.45, 7) is -0.180. The van der Waals surface area contributed by atoms with Crippen LogP contribution in [0.5, 0.6) is 0 Å². The molecule has 1 aromatic rings. The Balaban J connectivity index is 2.51. The van der Waals surface area contributed by atoms with Gasteiger partial charge < -0.3 is 16.3 Å². The average molecular weight is 156 g/mol. The predicted molar refractivity (Wildman–Crippen MR) is 38.5 cm³/mol. The number of carbonyl (C=O) groups is 1. The Morgan fingerprint density at radius 3 is 3.09 bits per heavy atom. The zero-order chi connectivity index (χ0) is 8.27. The normalized spacial score (nSPS) is 9.45. The van der Waals surface area contributed by atoms with Crippen molar-refractivity contribution in [2.75, 3.05) is 17.7 Å². The van der Waals surface area contributed by atoms with Crippen LogP contribution in [0.2, 0.25) is 0 Å². The van der Waals surface area contributed by atoms with E-state index >= 15 is 0 Å². The smallest absolute Gasteiger partial charge is 0.324 e. The Bertz CT molecular complexity index is 257. The number of imidazole rings is 1. The number of aliphatic carboxylic acids is 1. The summed E-state index contributed by atoms with van der Waals surface area (Å²) >= 11 is 0. The molecule has 0 radical (unpaired) electrons. The minimum Gasteiger partial charge on any atom is -0.480 e. The van der Waals surface area contributed by atoms with Crippen molar-refractivity contribution in [3.63, 3.8) is 0 Å². The van der Waals surface area contributed by atoms with Gasteiger partial charge in [-0.15, -0.1) is 0 Å². The first-order chi connectivity index (χ1) is 5.20. The van der Waals surface area contributed by atoms with Gasteiger partial charge in [0.2, 0.25) is 5.95 Å². The van der Waals surface area contributed by atoms with E-state index in [0.717, 1.165) is 0 Å². The van der Waals surface area contributed by atoms with Crippen LogP contribution in [-0.2, 0) is 4.79 Å². The first kappa shape index (κ1) is 7.39. The molecule has 0 fully saturated rings. The van der Waals surface area contributed by atoms with Crippen molar-refractivity contribution in [2.24, 2.45) is 0 Å². The van der Waals surface area contributed by atoms with E-state index in [1.165, 1.54) is 17.1 Å². The van der Waals surface area contributed by atoms with Crippen LogP contribution in [0.1, 0.15) is 0 Å². The monoisotopic (exact) mass is 156 g/mol. The maximum Gasteiger partial charge on any atom is 0.324 e. The summed E-state index contributed by atoms with van der Waals surface area (Å²) < 4.78 is 1.34. The molecule has 60 valence electrons. The van der Waals surface area contributed by atoms with E-state index in [0.29, 0.717) is 0 Å². The molecule has 0 atom stereocenters. The third-order valence-electron chi connectivity index (χ3n) is 1.07. The van der Waals surface area contributed by atoms with E-state index in [4.69, 9.17) is 10.8 Å². The Morgan fingerprint density at radius 2 is 2.64 bits per heavy atom. The standard InChI is InChI=1S/C5H8N4O2/c6-5-7-1-2-9(5)8-3-4(10)11/h1-2,8H,3H2,(H2,6,7)(H,10,11). The zero-order valence-corrected chi connectivity index (χ0v) is 5.69. The SMILES string of the molecule is Nc1nccn1NCC(=O)O. The second-order valence-electron chi connectivity index (χ2n) is 1.88. The van der Waals surface area contributed by atoms with Gasteiger partial charge in [0.1, 0.15) is 6.54 Å². The van der Waals surface area contributed by atoms with Crippen LogP contribution >= 0.6 is 0 Å². The molecule has 0 saturated carbocycles. The molecule has 0 aliphatic heterocycles. The van der Waals surface area contributed by atoms with Crippen molar-refractivity contribution >= 4 is 11.9 Å². The number of nitrogens with two attached hydrogens (primary N) is 1. The van der Waals surface area contributed by atoms with E-state index in [9.17, 15) is 4.79 Å². The van der Waals surface area contributed by atoms with Gasteiger partial charge in [-0.3, -0.25) is 4.79 Å². The van der Waals surface area contributed by atoms with Gasteiger partial charge in [0.25, 0.3) is 0 Å². The molecule has 0 aromatic carbocycles. The lowest BCUT2D eigenvalue weighted by Crippen LogP contribution is -2.22. The van der Waals surface area contributed by atoms with Gasteiger partial charge in [0.15, 0.2) is 0 Å². The third kappa shape index (κ3) is 1.85. The molecule has 0 aliphatic carbocycles. The van der Waals surface area contributed by atoms with Crippen molar-refractivity contribution in [3.8, 4) is 0 Å². The van der Waals surface area contributed by atoms with Gasteiger partial charge in [0.05, 0.1) is 0 Å². The number of hydrogen-bond acceptors (Lipinski definition) is 4. The number of nitrogen functional groups attached to an aromatic ring is 1. The van der Waals surface area contributed by atoms with Crippen molar-refractivity contribution < 1.29 is 9.90 Å². The predicted octanol–water partition coefficient (Wildman–Crippen LogP) is -0.907. The van der Waals surface area contributed by atoms with E-state index in [2.05, 4.69) is 10.4 Å². The highest BCUT2D eigenvalue weighted by Crippen LogP contribution is 1.92. The molecule has 0 saturated heterocycles. The molecule has 0 spiro atoms. The number of rotatable bonds is 3. The molecule has 1 aromatic heterocycles. The van der Waals surface area contributed by atoms with E-state index < -0.39 is 5.97 Å². The van der Waals surface area contributed by atoms with E-state index in [-0.39, 0.29) is 12.5 Å². The number of aromatic nitrogens is 2. The van der Waals surface area contributed by atoms with E-state index in [1.54, 1.807) is 0 Å². The van der Waals surface area contributed by atoms with Crippen LogP contribution < -0.4 is 11.2 Å². The number of nitrogens with one attached hydrogen (secondary N) is 1. The third-order valence-corrected chi connectivity index (χ3v) is 1.07. The van der Waals surface area contributed by atoms with Gasteiger partial charge in [-0.25, -0.2) is 9.66 Å². The molecule has 0 bridgehead atoms. The van der Waals surface area contributed by atoms with Crippen LogP contribution in [0, 0.1) is 0 Å². The number of nitrogens with zero attached hydrogens (tertiary/aromatic N) is 2. The second-order valence-corrected chi connectivity index (χ2v) is 1.88. The molecule has 1 rings (SSSR count). The van der Waals surface area contributed by atoms with Crippen LogP contribution in [-0.4, -0.2) is 27.3 Å². The van der Waals surface area contributed by atoms with E-state index in [1.807, 2.05) is 0 Å². The van der Waals surface area contributed by atoms with Crippen molar-refractivity contribution in [1.29, 1.82) is 0 Å². The first-order valence-electron chi connectivity index (χ1n) is 2.94. The molecule has 6 nitrogen and oxygen atoms in total. The number of carboxylic acids is 1. The highest BCUT2D eigenvalue weighted by molar-refractivity contribution is 5.70. The fourth-order valence-corrected chi connectivity index (χ4v) is 0.601. The highest BCUT2D eigenvalue weighted by Gasteiger charge is 1.98. The summed E-state index contributed by atoms with van der Waals surface area (Å²) in [6, 6.07) is 0. The van der Waals surface area contributed by atoms with Gasteiger partial charge in [-0.05, 0) is 0 Å². The molecule has 0 unspecified atom stereocenters. The van der Waals surface area contributed by atoms with Crippen molar-refractivity contribution in [3.05, 3.63) is 12.4 Å². The Kier molecular flexibility index (Phi) is 1.95. The molecular formula is C5H8N4O2. The summed E-state index contributed by atoms with van der Waals surface area (Å²) in [7, 11) is 0. The number of anilines is 1. The maximum absolute atomic E-state index is 10.1. The van der Waals surface area contributed by atoms with Gasteiger partial charge in [-0.1, -0.05) is 0 Å².